The summed E-state index contributed by atoms with van der Waals surface area (Å²) in [6, 6.07) is 28.2. The molecule has 1 aromatic heterocycles. The van der Waals surface area contributed by atoms with Gasteiger partial charge in [-0.25, -0.2) is 4.98 Å². The number of nitrogens with zero attached hydrogens (tertiary/aromatic N) is 2. The highest BCUT2D eigenvalue weighted by atomic mass is 35.5. The normalized spacial score (nSPS) is 11.6. The van der Waals surface area contributed by atoms with E-state index < -0.39 is 0 Å². The molecule has 0 bridgehead atoms. The predicted molar refractivity (Wildman–Crippen MR) is 119 cm³/mol. The van der Waals surface area contributed by atoms with Gasteiger partial charge in [0.1, 0.15) is 5.82 Å². The summed E-state index contributed by atoms with van der Waals surface area (Å²) in [7, 11) is 0. The molecule has 0 amide bonds. The molecular formula is C24H16ClN3. The summed E-state index contributed by atoms with van der Waals surface area (Å²) in [5, 5.41) is 10.5. The van der Waals surface area contributed by atoms with Gasteiger partial charge < -0.3 is 0 Å². The van der Waals surface area contributed by atoms with Crippen LogP contribution in [0.25, 0.3) is 32.4 Å². The van der Waals surface area contributed by atoms with Gasteiger partial charge in [-0.05, 0) is 29.0 Å². The molecule has 0 unspecified atom stereocenters. The Balaban J connectivity index is 1.59. The first-order valence-electron chi connectivity index (χ1n) is 9.05. The average molecular weight is 382 g/mol. The highest BCUT2D eigenvalue weighted by molar-refractivity contribution is 6.42. The van der Waals surface area contributed by atoms with E-state index in [1.165, 1.54) is 0 Å². The Morgan fingerprint density at radius 2 is 1.32 bits per heavy atom. The standard InChI is InChI=1S/C24H16ClN3/c25-24-19-10-4-2-8-17(19)21(18-9-3-5-11-20(18)24)15-26-28-23-14-13-16-7-1-6-12-22(16)27-23/h1-15H,(H,27,28). The third-order valence-electron chi connectivity index (χ3n) is 4.88. The fraction of sp³-hybridized carbons (Fsp3) is 0. The molecular weight excluding hydrogens is 366 g/mol. The summed E-state index contributed by atoms with van der Waals surface area (Å²) in [6.45, 7) is 0. The summed E-state index contributed by atoms with van der Waals surface area (Å²) in [5.41, 5.74) is 5.02. The minimum absolute atomic E-state index is 0.706. The van der Waals surface area contributed by atoms with E-state index in [4.69, 9.17) is 11.6 Å². The van der Waals surface area contributed by atoms with Crippen molar-refractivity contribution in [2.24, 2.45) is 5.10 Å². The second-order valence-electron chi connectivity index (χ2n) is 6.58. The van der Waals surface area contributed by atoms with Crippen LogP contribution in [-0.4, -0.2) is 11.2 Å². The molecule has 0 aliphatic rings. The summed E-state index contributed by atoms with van der Waals surface area (Å²) < 4.78 is 0. The van der Waals surface area contributed by atoms with Gasteiger partial charge in [0.05, 0.1) is 16.8 Å². The number of para-hydroxylation sites is 1. The Bertz CT molecular complexity index is 1300. The van der Waals surface area contributed by atoms with E-state index in [-0.39, 0.29) is 0 Å². The molecule has 5 aromatic rings. The quantitative estimate of drug-likeness (QED) is 0.216. The number of fused-ring (bicyclic) bond motifs is 3. The van der Waals surface area contributed by atoms with Crippen molar-refractivity contribution < 1.29 is 0 Å². The smallest absolute Gasteiger partial charge is 0.146 e. The van der Waals surface area contributed by atoms with Crippen LogP contribution in [0.15, 0.2) is 90.0 Å². The first kappa shape index (κ1) is 16.7. The molecule has 28 heavy (non-hydrogen) atoms. The number of benzene rings is 4. The lowest BCUT2D eigenvalue weighted by molar-refractivity contribution is 1.27. The highest BCUT2D eigenvalue weighted by Crippen LogP contribution is 2.35. The maximum atomic E-state index is 6.66. The molecule has 0 saturated carbocycles. The number of rotatable bonds is 3. The van der Waals surface area contributed by atoms with Crippen molar-refractivity contribution >= 4 is 56.1 Å². The first-order valence-corrected chi connectivity index (χ1v) is 9.43. The topological polar surface area (TPSA) is 37.3 Å². The number of pyridine rings is 1. The van der Waals surface area contributed by atoms with Gasteiger partial charge >= 0.3 is 0 Å². The van der Waals surface area contributed by atoms with E-state index in [0.717, 1.165) is 43.0 Å². The molecule has 1 heterocycles. The molecule has 134 valence electrons. The number of hydrogen-bond donors (Lipinski definition) is 1. The lowest BCUT2D eigenvalue weighted by atomic mass is 9.97. The van der Waals surface area contributed by atoms with Crippen LogP contribution in [0.5, 0.6) is 0 Å². The zero-order chi connectivity index (χ0) is 18.9. The van der Waals surface area contributed by atoms with E-state index in [2.05, 4.69) is 27.6 Å². The molecule has 0 spiro atoms. The van der Waals surface area contributed by atoms with Crippen molar-refractivity contribution in [3.8, 4) is 0 Å². The lowest BCUT2D eigenvalue weighted by Gasteiger charge is -2.10. The Kier molecular flexibility index (Phi) is 4.15. The van der Waals surface area contributed by atoms with E-state index >= 15 is 0 Å². The molecule has 0 fully saturated rings. The van der Waals surface area contributed by atoms with Crippen LogP contribution in [0, 0.1) is 0 Å². The van der Waals surface area contributed by atoms with Crippen LogP contribution in [0.4, 0.5) is 5.82 Å². The Morgan fingerprint density at radius 1 is 0.714 bits per heavy atom. The molecule has 0 saturated heterocycles. The Labute approximate surface area is 167 Å². The summed E-state index contributed by atoms with van der Waals surface area (Å²) in [5.74, 6) is 0.706. The van der Waals surface area contributed by atoms with Crippen molar-refractivity contribution in [1.29, 1.82) is 0 Å². The van der Waals surface area contributed by atoms with Crippen LogP contribution in [0.2, 0.25) is 5.02 Å². The Morgan fingerprint density at radius 3 is 2.04 bits per heavy atom. The molecule has 4 aromatic carbocycles. The first-order chi connectivity index (χ1) is 13.8. The fourth-order valence-corrected chi connectivity index (χ4v) is 3.87. The number of aromatic nitrogens is 1. The van der Waals surface area contributed by atoms with Gasteiger partial charge in [0.15, 0.2) is 0 Å². The highest BCUT2D eigenvalue weighted by Gasteiger charge is 2.10. The van der Waals surface area contributed by atoms with E-state index in [9.17, 15) is 0 Å². The third-order valence-corrected chi connectivity index (χ3v) is 5.29. The van der Waals surface area contributed by atoms with Gasteiger partial charge in [-0.2, -0.15) is 5.10 Å². The number of halogens is 1. The van der Waals surface area contributed by atoms with Crippen molar-refractivity contribution in [2.45, 2.75) is 0 Å². The predicted octanol–water partition coefficient (Wildman–Crippen LogP) is 6.64. The van der Waals surface area contributed by atoms with Crippen molar-refractivity contribution in [3.05, 3.63) is 95.5 Å². The molecule has 5 rings (SSSR count). The van der Waals surface area contributed by atoms with E-state index in [0.29, 0.717) is 5.82 Å². The van der Waals surface area contributed by atoms with Crippen molar-refractivity contribution in [2.75, 3.05) is 5.43 Å². The van der Waals surface area contributed by atoms with Crippen LogP contribution < -0.4 is 5.43 Å². The SMILES string of the molecule is Clc1c2ccccc2c(C=NNc2ccc3ccccc3n2)c2ccccc12. The van der Waals surface area contributed by atoms with Gasteiger partial charge in [-0.1, -0.05) is 78.3 Å². The lowest BCUT2D eigenvalue weighted by Crippen LogP contribution is -1.95. The minimum atomic E-state index is 0.706. The second kappa shape index (κ2) is 6.95. The molecule has 1 N–H and O–H groups in total. The summed E-state index contributed by atoms with van der Waals surface area (Å²) >= 11 is 6.66. The Hall–Kier alpha value is -3.43. The summed E-state index contributed by atoms with van der Waals surface area (Å²) in [4.78, 5) is 4.60. The van der Waals surface area contributed by atoms with Crippen molar-refractivity contribution in [3.63, 3.8) is 0 Å². The van der Waals surface area contributed by atoms with E-state index in [1.807, 2.05) is 79.0 Å². The molecule has 3 nitrogen and oxygen atoms in total. The third kappa shape index (κ3) is 2.86. The van der Waals surface area contributed by atoms with Gasteiger partial charge in [0.25, 0.3) is 0 Å². The number of anilines is 1. The maximum absolute atomic E-state index is 6.66. The summed E-state index contributed by atoms with van der Waals surface area (Å²) in [6.07, 6.45) is 1.85. The number of hydrogen-bond acceptors (Lipinski definition) is 3. The van der Waals surface area contributed by atoms with Gasteiger partial charge in [0, 0.05) is 21.7 Å². The number of nitrogens with one attached hydrogen (secondary N) is 1. The van der Waals surface area contributed by atoms with Crippen LogP contribution in [0.3, 0.4) is 0 Å². The average Bonchev–Trinajstić information content (AvgIpc) is 2.76. The molecule has 0 atom stereocenters. The number of hydrazone groups is 1. The monoisotopic (exact) mass is 381 g/mol. The van der Waals surface area contributed by atoms with Crippen LogP contribution in [0.1, 0.15) is 5.56 Å². The largest absolute Gasteiger partial charge is 0.261 e. The zero-order valence-corrected chi connectivity index (χ0v) is 15.7. The fourth-order valence-electron chi connectivity index (χ4n) is 3.54. The molecule has 0 radical (unpaired) electrons. The van der Waals surface area contributed by atoms with Gasteiger partial charge in [-0.15, -0.1) is 0 Å². The van der Waals surface area contributed by atoms with Gasteiger partial charge in [-0.3, -0.25) is 5.43 Å². The zero-order valence-electron chi connectivity index (χ0n) is 14.9. The maximum Gasteiger partial charge on any atom is 0.146 e. The molecule has 0 aliphatic heterocycles. The molecule has 0 aliphatic carbocycles. The van der Waals surface area contributed by atoms with Gasteiger partial charge in [0.2, 0.25) is 0 Å². The van der Waals surface area contributed by atoms with Crippen molar-refractivity contribution in [1.82, 2.24) is 4.98 Å². The second-order valence-corrected chi connectivity index (χ2v) is 6.96. The van der Waals surface area contributed by atoms with Crippen LogP contribution in [-0.2, 0) is 0 Å². The van der Waals surface area contributed by atoms with E-state index in [1.54, 1.807) is 0 Å². The molecule has 4 heteroatoms. The van der Waals surface area contributed by atoms with Crippen LogP contribution >= 0.6 is 11.6 Å². The minimum Gasteiger partial charge on any atom is -0.261 e.